The van der Waals surface area contributed by atoms with Crippen LogP contribution in [0.1, 0.15) is 11.1 Å². The minimum atomic E-state index is 0.166. The highest BCUT2D eigenvalue weighted by atomic mass is 16.5. The molecular weight excluding hydrogens is 294 g/mol. The molecule has 23 heavy (non-hydrogen) atoms. The third kappa shape index (κ3) is 3.19. The number of fused-ring (bicyclic) bond motifs is 1. The maximum Gasteiger partial charge on any atom is 0.164 e. The van der Waals surface area contributed by atoms with Crippen LogP contribution in [-0.2, 0) is 13.0 Å². The Morgan fingerprint density at radius 1 is 1.13 bits per heavy atom. The summed E-state index contributed by atoms with van der Waals surface area (Å²) in [6.07, 6.45) is 0.850. The summed E-state index contributed by atoms with van der Waals surface area (Å²) in [7, 11) is 3.25. The highest BCUT2D eigenvalue weighted by Crippen LogP contribution is 2.35. The number of ether oxygens (including phenoxy) is 3. The van der Waals surface area contributed by atoms with Gasteiger partial charge in [0.05, 0.1) is 14.2 Å². The third-order valence-corrected chi connectivity index (χ3v) is 4.07. The van der Waals surface area contributed by atoms with E-state index in [0.717, 1.165) is 29.0 Å². The lowest BCUT2D eigenvalue weighted by molar-refractivity contribution is 0.226. The van der Waals surface area contributed by atoms with Gasteiger partial charge in [0.25, 0.3) is 0 Å². The van der Waals surface area contributed by atoms with Crippen LogP contribution in [-0.4, -0.2) is 32.0 Å². The number of nitrogens with one attached hydrogen (secondary N) is 1. The number of methoxy groups -OCH3 is 2. The van der Waals surface area contributed by atoms with E-state index in [1.807, 2.05) is 24.3 Å². The predicted molar refractivity (Wildman–Crippen MR) is 87.5 cm³/mol. The molecule has 1 aliphatic rings. The van der Waals surface area contributed by atoms with E-state index in [0.29, 0.717) is 18.9 Å². The first-order chi connectivity index (χ1) is 11.2. The Morgan fingerprint density at radius 2 is 1.87 bits per heavy atom. The van der Waals surface area contributed by atoms with Crippen LogP contribution in [0.4, 0.5) is 0 Å². The van der Waals surface area contributed by atoms with E-state index in [9.17, 15) is 5.11 Å². The van der Waals surface area contributed by atoms with Gasteiger partial charge in [0.2, 0.25) is 0 Å². The van der Waals surface area contributed by atoms with Gasteiger partial charge in [0.15, 0.2) is 11.5 Å². The molecule has 1 heterocycles. The van der Waals surface area contributed by atoms with E-state index in [1.165, 1.54) is 0 Å². The Labute approximate surface area is 135 Å². The van der Waals surface area contributed by atoms with Crippen molar-refractivity contribution in [3.63, 3.8) is 0 Å². The summed E-state index contributed by atoms with van der Waals surface area (Å²) in [6.45, 7) is 1.08. The molecule has 0 saturated heterocycles. The monoisotopic (exact) mass is 315 g/mol. The Balaban J connectivity index is 1.69. The van der Waals surface area contributed by atoms with Gasteiger partial charge in [-0.15, -0.1) is 0 Å². The van der Waals surface area contributed by atoms with Gasteiger partial charge in [-0.3, -0.25) is 0 Å². The zero-order chi connectivity index (χ0) is 16.2. The number of hydrogen-bond acceptors (Lipinski definition) is 5. The lowest BCUT2D eigenvalue weighted by Crippen LogP contribution is -2.39. The average Bonchev–Trinajstić information content (AvgIpc) is 2.59. The van der Waals surface area contributed by atoms with Crippen molar-refractivity contribution in [1.29, 1.82) is 0 Å². The largest absolute Gasteiger partial charge is 0.507 e. The van der Waals surface area contributed by atoms with Crippen molar-refractivity contribution in [2.75, 3.05) is 20.8 Å². The number of phenolic OH excluding ortho intramolecular Hbond substituents is 1. The van der Waals surface area contributed by atoms with Gasteiger partial charge in [-0.2, -0.15) is 0 Å². The van der Waals surface area contributed by atoms with Gasteiger partial charge in [-0.25, -0.2) is 0 Å². The molecule has 1 atom stereocenters. The summed E-state index contributed by atoms with van der Waals surface area (Å²) < 4.78 is 16.5. The minimum Gasteiger partial charge on any atom is -0.507 e. The zero-order valence-corrected chi connectivity index (χ0v) is 13.3. The van der Waals surface area contributed by atoms with Crippen molar-refractivity contribution < 1.29 is 19.3 Å². The summed E-state index contributed by atoms with van der Waals surface area (Å²) in [5.74, 6) is 2.50. The molecule has 5 nitrogen and oxygen atoms in total. The quantitative estimate of drug-likeness (QED) is 0.888. The van der Waals surface area contributed by atoms with Crippen molar-refractivity contribution in [3.8, 4) is 23.0 Å². The summed E-state index contributed by atoms with van der Waals surface area (Å²) in [5, 5.41) is 13.4. The van der Waals surface area contributed by atoms with Crippen LogP contribution in [0.2, 0.25) is 0 Å². The number of phenols is 1. The first kappa shape index (κ1) is 15.5. The van der Waals surface area contributed by atoms with Crippen LogP contribution >= 0.6 is 0 Å². The van der Waals surface area contributed by atoms with Crippen molar-refractivity contribution in [2.45, 2.75) is 19.0 Å². The van der Waals surface area contributed by atoms with Gasteiger partial charge in [-0.1, -0.05) is 18.2 Å². The Kier molecular flexibility index (Phi) is 4.57. The third-order valence-electron chi connectivity index (χ3n) is 4.07. The molecule has 0 radical (unpaired) electrons. The van der Waals surface area contributed by atoms with Crippen LogP contribution in [0, 0.1) is 0 Å². The number of rotatable bonds is 5. The molecule has 0 aliphatic carbocycles. The Morgan fingerprint density at radius 3 is 2.65 bits per heavy atom. The fraction of sp³-hybridized carbons (Fsp3) is 0.333. The second-order valence-corrected chi connectivity index (χ2v) is 5.50. The fourth-order valence-corrected chi connectivity index (χ4v) is 2.86. The van der Waals surface area contributed by atoms with Crippen molar-refractivity contribution in [1.82, 2.24) is 5.32 Å². The lowest BCUT2D eigenvalue weighted by Gasteiger charge is -2.27. The molecule has 0 bridgehead atoms. The topological polar surface area (TPSA) is 60.0 Å². The van der Waals surface area contributed by atoms with Crippen molar-refractivity contribution in [3.05, 3.63) is 47.5 Å². The molecule has 0 aromatic heterocycles. The molecule has 0 saturated carbocycles. The van der Waals surface area contributed by atoms with E-state index in [2.05, 4.69) is 5.32 Å². The van der Waals surface area contributed by atoms with Crippen LogP contribution in [0.15, 0.2) is 36.4 Å². The fourth-order valence-electron chi connectivity index (χ4n) is 2.86. The highest BCUT2D eigenvalue weighted by molar-refractivity contribution is 5.48. The first-order valence-electron chi connectivity index (χ1n) is 7.60. The second-order valence-electron chi connectivity index (χ2n) is 5.50. The molecule has 0 spiro atoms. The van der Waals surface area contributed by atoms with E-state index in [4.69, 9.17) is 14.2 Å². The smallest absolute Gasteiger partial charge is 0.164 e. The maximum absolute atomic E-state index is 10.0. The molecule has 2 N–H and O–H groups in total. The molecule has 1 aliphatic heterocycles. The highest BCUT2D eigenvalue weighted by Gasteiger charge is 2.22. The van der Waals surface area contributed by atoms with E-state index >= 15 is 0 Å². The predicted octanol–water partition coefficient (Wildman–Crippen LogP) is 2.50. The number of aromatic hydroxyl groups is 1. The van der Waals surface area contributed by atoms with Crippen LogP contribution in [0.25, 0.3) is 0 Å². The number of hydrogen-bond donors (Lipinski definition) is 2. The summed E-state index contributed by atoms with van der Waals surface area (Å²) in [5.41, 5.74) is 1.88. The lowest BCUT2D eigenvalue weighted by atomic mass is 10.0. The van der Waals surface area contributed by atoms with E-state index < -0.39 is 0 Å². The van der Waals surface area contributed by atoms with Crippen LogP contribution < -0.4 is 19.5 Å². The van der Waals surface area contributed by atoms with Crippen LogP contribution in [0.5, 0.6) is 23.0 Å². The first-order valence-corrected chi connectivity index (χ1v) is 7.60. The molecular formula is C18H21NO4. The maximum atomic E-state index is 10.0. The Bertz CT molecular complexity index is 687. The Hall–Kier alpha value is -2.40. The SMILES string of the molecule is COc1cccc(O)c1CN[C@@H]1COc2c(cccc2OC)C1. The molecule has 2 aromatic carbocycles. The van der Waals surface area contributed by atoms with Crippen molar-refractivity contribution >= 4 is 0 Å². The normalized spacial score (nSPS) is 16.3. The molecule has 0 unspecified atom stereocenters. The minimum absolute atomic E-state index is 0.166. The second kappa shape index (κ2) is 6.79. The van der Waals surface area contributed by atoms with Gasteiger partial charge in [0.1, 0.15) is 18.1 Å². The van der Waals surface area contributed by atoms with Gasteiger partial charge in [0, 0.05) is 18.2 Å². The zero-order valence-electron chi connectivity index (χ0n) is 13.3. The summed E-state index contributed by atoms with van der Waals surface area (Å²) in [6, 6.07) is 11.4. The van der Waals surface area contributed by atoms with Crippen LogP contribution in [0.3, 0.4) is 0 Å². The number of para-hydroxylation sites is 1. The summed E-state index contributed by atoms with van der Waals surface area (Å²) in [4.78, 5) is 0. The molecule has 3 rings (SSSR count). The standard InChI is InChI=1S/C18H21NO4/c1-21-16-7-4-6-15(20)14(16)10-19-13-9-12-5-3-8-17(22-2)18(12)23-11-13/h3-8,13,19-20H,9-11H2,1-2H3/t13-/m0/s1. The average molecular weight is 315 g/mol. The molecule has 0 amide bonds. The number of benzene rings is 2. The molecule has 0 fully saturated rings. The van der Waals surface area contributed by atoms with E-state index in [-0.39, 0.29) is 11.8 Å². The summed E-state index contributed by atoms with van der Waals surface area (Å²) >= 11 is 0. The van der Waals surface area contributed by atoms with Crippen molar-refractivity contribution in [2.24, 2.45) is 0 Å². The molecule has 122 valence electrons. The molecule has 5 heteroatoms. The van der Waals surface area contributed by atoms with Gasteiger partial charge < -0.3 is 24.6 Å². The molecule has 2 aromatic rings. The van der Waals surface area contributed by atoms with E-state index in [1.54, 1.807) is 26.4 Å². The van der Waals surface area contributed by atoms with Gasteiger partial charge in [-0.05, 0) is 30.2 Å². The van der Waals surface area contributed by atoms with Gasteiger partial charge >= 0.3 is 0 Å².